The third-order valence-electron chi connectivity index (χ3n) is 12.4. The number of hydrogen-bond acceptors (Lipinski definition) is 0. The Morgan fingerprint density at radius 1 is 0.314 bits per heavy atom. The van der Waals surface area contributed by atoms with Gasteiger partial charge in [0.25, 0.3) is 0 Å². The zero-order valence-electron chi connectivity index (χ0n) is 22.5. The van der Waals surface area contributed by atoms with Crippen LogP contribution < -0.4 is 0 Å². The van der Waals surface area contributed by atoms with Crippen LogP contribution in [0.5, 0.6) is 0 Å². The molecule has 0 bridgehead atoms. The van der Waals surface area contributed by atoms with Crippen LogP contribution in [0.3, 0.4) is 0 Å². The zero-order valence-corrected chi connectivity index (χ0v) is 29.8. The van der Waals surface area contributed by atoms with Crippen molar-refractivity contribution in [3.63, 3.8) is 0 Å². The summed E-state index contributed by atoms with van der Waals surface area (Å²) >= 11 is 7.09. The average Bonchev–Trinajstić information content (AvgIpc) is 3.68. The Kier molecular flexibility index (Phi) is 9.56. The zero-order chi connectivity index (χ0) is 23.9. The molecule has 0 spiro atoms. The Morgan fingerprint density at radius 2 is 0.457 bits per heavy atom. The standard InChI is InChI=1S/2C15H27P.2HI.Ni/c2*1-2-8-13(7-1)16(14-9-3-4-10-14)15-11-5-6-12-15;;;/h2*13-15H,1-12H2;2*1H;. The van der Waals surface area contributed by atoms with Crippen LogP contribution in [-0.4, -0.2) is 34.0 Å². The van der Waals surface area contributed by atoms with Gasteiger partial charge >= 0.3 is 246 Å². The van der Waals surface area contributed by atoms with E-state index >= 15 is 0 Å². The fourth-order valence-corrected chi connectivity index (χ4v) is 98.5. The van der Waals surface area contributed by atoms with Crippen LogP contribution in [0.25, 0.3) is 0 Å². The van der Waals surface area contributed by atoms with Gasteiger partial charge in [0.2, 0.25) is 0 Å². The van der Waals surface area contributed by atoms with E-state index in [1.54, 1.807) is 154 Å². The Balaban J connectivity index is 1.57. The molecule has 0 aromatic rings. The van der Waals surface area contributed by atoms with Gasteiger partial charge in [0.15, 0.2) is 0 Å². The normalized spacial score (nSPS) is 31.4. The van der Waals surface area contributed by atoms with Crippen molar-refractivity contribution >= 4 is 53.0 Å². The molecule has 0 nitrogen and oxygen atoms in total. The SMILES string of the molecule is [I][Ni]([I])([PH](C1CCCC1)(C1CCCC1)C1CCCC1)[PH](C1CCCC1)(C1CCCC1)C1CCCC1. The molecule has 0 saturated heterocycles. The Morgan fingerprint density at radius 3 is 0.600 bits per heavy atom. The van der Waals surface area contributed by atoms with E-state index in [1.807, 2.05) is 0 Å². The minimum absolute atomic E-state index is 0.732. The van der Waals surface area contributed by atoms with Crippen molar-refractivity contribution in [2.45, 2.75) is 188 Å². The summed E-state index contributed by atoms with van der Waals surface area (Å²) in [5.41, 5.74) is 7.49. The topological polar surface area (TPSA) is 0 Å². The summed E-state index contributed by atoms with van der Waals surface area (Å²) < 4.78 is 0. The van der Waals surface area contributed by atoms with Crippen molar-refractivity contribution in [1.29, 1.82) is 0 Å². The summed E-state index contributed by atoms with van der Waals surface area (Å²) in [4.78, 5) is 0. The van der Waals surface area contributed by atoms with Crippen LogP contribution in [0.1, 0.15) is 154 Å². The molecule has 6 saturated carbocycles. The summed E-state index contributed by atoms with van der Waals surface area (Å²) in [6.45, 7) is 0. The van der Waals surface area contributed by atoms with E-state index in [1.165, 1.54) is 34.0 Å². The van der Waals surface area contributed by atoms with Gasteiger partial charge in [0.05, 0.1) is 0 Å². The molecular weight excluding hydrogens is 735 g/mol. The first kappa shape index (κ1) is 28.0. The first-order chi connectivity index (χ1) is 17.1. The second-order valence-electron chi connectivity index (χ2n) is 13.8. The van der Waals surface area contributed by atoms with E-state index in [0.29, 0.717) is 0 Å². The molecule has 0 heterocycles. The van der Waals surface area contributed by atoms with E-state index in [2.05, 4.69) is 41.0 Å². The van der Waals surface area contributed by atoms with Gasteiger partial charge in [-0.1, -0.05) is 0 Å². The Bertz CT molecular complexity index is 554. The third kappa shape index (κ3) is 4.57. The van der Waals surface area contributed by atoms with Crippen LogP contribution in [0, 0.1) is 0 Å². The summed E-state index contributed by atoms with van der Waals surface area (Å²) in [5, 5.41) is -0.732. The Hall–Kier alpha value is 2.81. The van der Waals surface area contributed by atoms with Crippen LogP contribution in [-0.2, 0) is 5.15 Å². The third-order valence-corrected chi connectivity index (χ3v) is 74.2. The van der Waals surface area contributed by atoms with Crippen LogP contribution in [0.4, 0.5) is 0 Å². The van der Waals surface area contributed by atoms with Crippen molar-refractivity contribution in [2.75, 3.05) is 0 Å². The molecule has 6 aliphatic carbocycles. The maximum absolute atomic E-state index is 3.55. The fourth-order valence-electron chi connectivity index (χ4n) is 11.3. The molecule has 0 aliphatic heterocycles. The van der Waals surface area contributed by atoms with Gasteiger partial charge in [0.1, 0.15) is 0 Å². The molecular formula is C30H56I2NiP2. The van der Waals surface area contributed by atoms with Crippen molar-refractivity contribution < 1.29 is 5.15 Å². The van der Waals surface area contributed by atoms with Crippen LogP contribution >= 0.6 is 53.0 Å². The van der Waals surface area contributed by atoms with Gasteiger partial charge in [-0.15, -0.1) is 0 Å². The van der Waals surface area contributed by atoms with Gasteiger partial charge in [-0.25, -0.2) is 0 Å². The molecule has 0 aromatic carbocycles. The van der Waals surface area contributed by atoms with E-state index in [9.17, 15) is 0 Å². The second kappa shape index (κ2) is 12.0. The van der Waals surface area contributed by atoms with E-state index in [0.717, 1.165) is 0 Å². The number of hydrogen-bond donors (Lipinski definition) is 0. The summed E-state index contributed by atoms with van der Waals surface area (Å²) in [6, 6.07) is -2.87. The van der Waals surface area contributed by atoms with Gasteiger partial charge in [-0.05, 0) is 0 Å². The second-order valence-corrected chi connectivity index (χ2v) is 57.7. The molecule has 0 N–H and O–H groups in total. The molecule has 0 radical (unpaired) electrons. The van der Waals surface area contributed by atoms with Crippen molar-refractivity contribution in [1.82, 2.24) is 0 Å². The summed E-state index contributed by atoms with van der Waals surface area (Å²) in [5.74, 6) is 0. The molecule has 210 valence electrons. The molecule has 0 aromatic heterocycles. The predicted octanol–water partition coefficient (Wildman–Crippen LogP) is 11.8. The molecule has 35 heavy (non-hydrogen) atoms. The summed E-state index contributed by atoms with van der Waals surface area (Å²) in [7, 11) is 0. The number of halogens is 2. The van der Waals surface area contributed by atoms with Crippen molar-refractivity contribution in [2.24, 2.45) is 0 Å². The molecule has 6 aliphatic rings. The van der Waals surface area contributed by atoms with Gasteiger partial charge in [-0.3, -0.25) is 0 Å². The molecule has 6 rings (SSSR count). The van der Waals surface area contributed by atoms with Crippen molar-refractivity contribution in [3.05, 3.63) is 0 Å². The minimum atomic E-state index is -1.43. The average molecular weight is 791 g/mol. The van der Waals surface area contributed by atoms with Gasteiger partial charge < -0.3 is 0 Å². The molecule has 0 atom stereocenters. The van der Waals surface area contributed by atoms with Crippen LogP contribution in [0.15, 0.2) is 0 Å². The van der Waals surface area contributed by atoms with Crippen molar-refractivity contribution in [3.8, 4) is 0 Å². The summed E-state index contributed by atoms with van der Waals surface area (Å²) in [6.07, 6.45) is 39.5. The van der Waals surface area contributed by atoms with E-state index in [-0.39, 0.29) is 0 Å². The first-order valence-electron chi connectivity index (χ1n) is 16.2. The van der Waals surface area contributed by atoms with Crippen LogP contribution in [0.2, 0.25) is 0 Å². The molecule has 0 amide bonds. The fraction of sp³-hybridized carbons (Fsp3) is 1.00. The quantitative estimate of drug-likeness (QED) is 0.131. The number of rotatable bonds is 8. The van der Waals surface area contributed by atoms with Gasteiger partial charge in [-0.2, -0.15) is 0 Å². The molecule has 5 heteroatoms. The van der Waals surface area contributed by atoms with E-state index < -0.39 is 17.2 Å². The van der Waals surface area contributed by atoms with Gasteiger partial charge in [0, 0.05) is 0 Å². The molecule has 6 fully saturated rings. The maximum atomic E-state index is 3.55. The Labute approximate surface area is 244 Å². The first-order valence-corrected chi connectivity index (χ1v) is 29.6. The van der Waals surface area contributed by atoms with E-state index in [4.69, 9.17) is 0 Å². The predicted molar refractivity (Wildman–Crippen MR) is 178 cm³/mol. The monoisotopic (exact) mass is 790 g/mol. The molecule has 0 unspecified atom stereocenters.